The van der Waals surface area contributed by atoms with Crippen LogP contribution in [0.3, 0.4) is 0 Å². The number of sulfonamides is 1. The van der Waals surface area contributed by atoms with Gasteiger partial charge in [0.25, 0.3) is 0 Å². The topological polar surface area (TPSA) is 49.4 Å². The highest BCUT2D eigenvalue weighted by Crippen LogP contribution is 2.23. The van der Waals surface area contributed by atoms with Gasteiger partial charge < -0.3 is 5.32 Å². The minimum absolute atomic E-state index is 0.0377. The molecule has 0 saturated carbocycles. The van der Waals surface area contributed by atoms with E-state index in [4.69, 9.17) is 0 Å². The van der Waals surface area contributed by atoms with Gasteiger partial charge in [-0.15, -0.1) is 0 Å². The number of hydrogen-bond donors (Lipinski definition) is 1. The summed E-state index contributed by atoms with van der Waals surface area (Å²) in [4.78, 5) is 0.0425. The maximum atomic E-state index is 13.6. The smallest absolute Gasteiger partial charge is 0.243 e. The molecule has 6 heteroatoms. The molecule has 1 unspecified atom stereocenters. The molecule has 0 bridgehead atoms. The molecule has 1 aliphatic rings. The maximum Gasteiger partial charge on any atom is 0.243 e. The fraction of sp³-hybridized carbons (Fsp3) is 0.571. The van der Waals surface area contributed by atoms with Crippen molar-refractivity contribution in [3.05, 3.63) is 29.6 Å². The Morgan fingerprint density at radius 1 is 1.45 bits per heavy atom. The van der Waals surface area contributed by atoms with Gasteiger partial charge >= 0.3 is 0 Å². The minimum atomic E-state index is -3.63. The first-order valence-corrected chi connectivity index (χ1v) is 8.39. The molecule has 0 amide bonds. The summed E-state index contributed by atoms with van der Waals surface area (Å²) in [5.41, 5.74) is 0.452. The Morgan fingerprint density at radius 2 is 2.20 bits per heavy atom. The van der Waals surface area contributed by atoms with E-state index in [1.807, 2.05) is 6.92 Å². The summed E-state index contributed by atoms with van der Waals surface area (Å²) in [5, 5.41) is 3.18. The lowest BCUT2D eigenvalue weighted by Crippen LogP contribution is -2.42. The SMILES string of the molecule is CCCN(C1CCNC1)S(=O)(=O)c1ccc(C)c(F)c1. The molecule has 1 fully saturated rings. The second-order valence-corrected chi connectivity index (χ2v) is 7.06. The Labute approximate surface area is 120 Å². The Bertz CT molecular complexity index is 569. The number of rotatable bonds is 5. The molecule has 20 heavy (non-hydrogen) atoms. The van der Waals surface area contributed by atoms with Crippen LogP contribution in [0.1, 0.15) is 25.3 Å². The summed E-state index contributed by atoms with van der Waals surface area (Å²) in [6.45, 7) is 5.51. The van der Waals surface area contributed by atoms with Crippen molar-refractivity contribution >= 4 is 10.0 Å². The van der Waals surface area contributed by atoms with Gasteiger partial charge in [-0.05, 0) is 44.0 Å². The Morgan fingerprint density at radius 3 is 2.75 bits per heavy atom. The van der Waals surface area contributed by atoms with Crippen molar-refractivity contribution in [3.8, 4) is 0 Å². The van der Waals surface area contributed by atoms with Crippen LogP contribution in [0.4, 0.5) is 4.39 Å². The molecule has 0 radical (unpaired) electrons. The first kappa shape index (κ1) is 15.4. The number of nitrogens with zero attached hydrogens (tertiary/aromatic N) is 1. The van der Waals surface area contributed by atoms with E-state index in [0.717, 1.165) is 25.5 Å². The summed E-state index contributed by atoms with van der Waals surface area (Å²) in [6.07, 6.45) is 1.54. The van der Waals surface area contributed by atoms with Crippen LogP contribution in [-0.4, -0.2) is 38.4 Å². The fourth-order valence-electron chi connectivity index (χ4n) is 2.47. The second kappa shape index (κ2) is 6.20. The van der Waals surface area contributed by atoms with Crippen molar-refractivity contribution in [2.24, 2.45) is 0 Å². The first-order valence-electron chi connectivity index (χ1n) is 6.95. The Balaban J connectivity index is 2.36. The van der Waals surface area contributed by atoms with E-state index in [1.54, 1.807) is 6.92 Å². The zero-order valence-corrected chi connectivity index (χ0v) is 12.7. The van der Waals surface area contributed by atoms with Crippen LogP contribution in [0.5, 0.6) is 0 Å². The van der Waals surface area contributed by atoms with E-state index in [1.165, 1.54) is 16.4 Å². The van der Waals surface area contributed by atoms with Gasteiger partial charge in [0, 0.05) is 19.1 Å². The van der Waals surface area contributed by atoms with Crippen LogP contribution in [-0.2, 0) is 10.0 Å². The maximum absolute atomic E-state index is 13.6. The number of benzene rings is 1. The van der Waals surface area contributed by atoms with E-state index >= 15 is 0 Å². The fourth-order valence-corrected chi connectivity index (χ4v) is 4.23. The molecule has 4 nitrogen and oxygen atoms in total. The molecule has 1 aromatic rings. The van der Waals surface area contributed by atoms with E-state index in [0.29, 0.717) is 18.7 Å². The van der Waals surface area contributed by atoms with Gasteiger partial charge in [0.2, 0.25) is 10.0 Å². The average molecular weight is 300 g/mol. The molecule has 1 atom stereocenters. The van der Waals surface area contributed by atoms with Gasteiger partial charge in [-0.3, -0.25) is 0 Å². The third-order valence-corrected chi connectivity index (χ3v) is 5.58. The Kier molecular flexibility index (Phi) is 4.78. The zero-order valence-electron chi connectivity index (χ0n) is 11.9. The third kappa shape index (κ3) is 3.02. The molecule has 1 aromatic carbocycles. The highest BCUT2D eigenvalue weighted by atomic mass is 32.2. The predicted octanol–water partition coefficient (Wildman–Crippen LogP) is 1.90. The van der Waals surface area contributed by atoms with E-state index in [9.17, 15) is 12.8 Å². The first-order chi connectivity index (χ1) is 9.46. The van der Waals surface area contributed by atoms with Crippen LogP contribution in [0.2, 0.25) is 0 Å². The van der Waals surface area contributed by atoms with Crippen molar-refractivity contribution < 1.29 is 12.8 Å². The van der Waals surface area contributed by atoms with Crippen molar-refractivity contribution in [3.63, 3.8) is 0 Å². The molecule has 2 rings (SSSR count). The van der Waals surface area contributed by atoms with E-state index in [-0.39, 0.29) is 10.9 Å². The summed E-state index contributed by atoms with van der Waals surface area (Å²) in [5.74, 6) is -0.480. The quantitative estimate of drug-likeness (QED) is 0.903. The molecule has 112 valence electrons. The number of nitrogens with one attached hydrogen (secondary N) is 1. The third-order valence-electron chi connectivity index (χ3n) is 3.64. The minimum Gasteiger partial charge on any atom is -0.315 e. The van der Waals surface area contributed by atoms with E-state index in [2.05, 4.69) is 5.32 Å². The molecular weight excluding hydrogens is 279 g/mol. The zero-order chi connectivity index (χ0) is 14.8. The van der Waals surface area contributed by atoms with Crippen molar-refractivity contribution in [1.82, 2.24) is 9.62 Å². The second-order valence-electron chi connectivity index (χ2n) is 5.17. The number of halogens is 1. The van der Waals surface area contributed by atoms with Crippen molar-refractivity contribution in [2.75, 3.05) is 19.6 Å². The summed E-state index contributed by atoms with van der Waals surface area (Å²) < 4.78 is 40.6. The van der Waals surface area contributed by atoms with Crippen molar-refractivity contribution in [1.29, 1.82) is 0 Å². The van der Waals surface area contributed by atoms with Crippen LogP contribution in [0.25, 0.3) is 0 Å². The molecular formula is C14H21FN2O2S. The predicted molar refractivity (Wildman–Crippen MR) is 76.6 cm³/mol. The normalized spacial score (nSPS) is 19.7. The van der Waals surface area contributed by atoms with Gasteiger partial charge in [0.1, 0.15) is 5.82 Å². The lowest BCUT2D eigenvalue weighted by atomic mass is 10.2. The largest absolute Gasteiger partial charge is 0.315 e. The highest BCUT2D eigenvalue weighted by Gasteiger charge is 2.32. The molecule has 1 N–H and O–H groups in total. The molecule has 1 aliphatic heterocycles. The number of aryl methyl sites for hydroxylation is 1. The summed E-state index contributed by atoms with van der Waals surface area (Å²) in [6, 6.07) is 4.08. The lowest BCUT2D eigenvalue weighted by Gasteiger charge is -2.27. The molecule has 0 aliphatic carbocycles. The van der Waals surface area contributed by atoms with Crippen LogP contribution >= 0.6 is 0 Å². The molecule has 0 spiro atoms. The lowest BCUT2D eigenvalue weighted by molar-refractivity contribution is 0.335. The molecule has 1 heterocycles. The van der Waals surface area contributed by atoms with Gasteiger partial charge in [-0.25, -0.2) is 12.8 Å². The standard InChI is InChI=1S/C14H21FN2O2S/c1-3-8-17(12-6-7-16-10-12)20(18,19)13-5-4-11(2)14(15)9-13/h4-5,9,12,16H,3,6-8,10H2,1-2H3. The van der Waals surface area contributed by atoms with Gasteiger partial charge in [-0.1, -0.05) is 13.0 Å². The molecule has 0 aromatic heterocycles. The Hall–Kier alpha value is -0.980. The average Bonchev–Trinajstić information content (AvgIpc) is 2.92. The monoisotopic (exact) mass is 300 g/mol. The summed E-state index contributed by atoms with van der Waals surface area (Å²) >= 11 is 0. The van der Waals surface area contributed by atoms with Crippen LogP contribution < -0.4 is 5.32 Å². The van der Waals surface area contributed by atoms with Gasteiger partial charge in [0.05, 0.1) is 4.90 Å². The highest BCUT2D eigenvalue weighted by molar-refractivity contribution is 7.89. The number of hydrogen-bond acceptors (Lipinski definition) is 3. The molecule has 1 saturated heterocycles. The van der Waals surface area contributed by atoms with Crippen molar-refractivity contribution in [2.45, 2.75) is 37.6 Å². The summed E-state index contributed by atoms with van der Waals surface area (Å²) in [7, 11) is -3.63. The van der Waals surface area contributed by atoms with Gasteiger partial charge in [0.15, 0.2) is 0 Å². The van der Waals surface area contributed by atoms with E-state index < -0.39 is 15.8 Å². The van der Waals surface area contributed by atoms with Crippen LogP contribution in [0, 0.1) is 12.7 Å². The van der Waals surface area contributed by atoms with Gasteiger partial charge in [-0.2, -0.15) is 4.31 Å². The van der Waals surface area contributed by atoms with Crippen LogP contribution in [0.15, 0.2) is 23.1 Å².